The van der Waals surface area contributed by atoms with Gasteiger partial charge in [-0.25, -0.2) is 0 Å². The monoisotopic (exact) mass is 220 g/mol. The molecule has 84 valence electrons. The zero-order valence-electron chi connectivity index (χ0n) is 9.14. The van der Waals surface area contributed by atoms with Crippen LogP contribution in [0.4, 0.5) is 5.69 Å². The number of diazo groups is 1. The Kier molecular flexibility index (Phi) is 3.34. The third kappa shape index (κ3) is 2.13. The Hall–Kier alpha value is -1.64. The summed E-state index contributed by atoms with van der Waals surface area (Å²) in [5.41, 5.74) is 1.45. The van der Waals surface area contributed by atoms with Crippen LogP contribution in [0.1, 0.15) is 11.7 Å². The van der Waals surface area contributed by atoms with E-state index in [1.165, 1.54) is 0 Å². The van der Waals surface area contributed by atoms with Crippen molar-refractivity contribution in [1.82, 2.24) is 5.32 Å². The van der Waals surface area contributed by atoms with Gasteiger partial charge in [-0.05, 0) is 17.7 Å². The number of rotatable bonds is 2. The van der Waals surface area contributed by atoms with E-state index in [2.05, 4.69) is 10.3 Å². The number of nitrogens with one attached hydrogen (secondary N) is 1. The average molecular weight is 220 g/mol. The predicted molar refractivity (Wildman–Crippen MR) is 59.3 cm³/mol. The number of methoxy groups -OCH3 is 1. The highest BCUT2D eigenvalue weighted by molar-refractivity contribution is 5.58. The Morgan fingerprint density at radius 3 is 3.06 bits per heavy atom. The van der Waals surface area contributed by atoms with Gasteiger partial charge in [0, 0.05) is 19.2 Å². The second-order valence-corrected chi connectivity index (χ2v) is 3.59. The fourth-order valence-electron chi connectivity index (χ4n) is 1.76. The molecule has 1 aliphatic rings. The van der Waals surface area contributed by atoms with Gasteiger partial charge < -0.3 is 14.8 Å². The molecule has 1 N–H and O–H groups in total. The van der Waals surface area contributed by atoms with Crippen LogP contribution in [0.15, 0.2) is 18.2 Å². The standard InChI is InChI=1S/C11H14N3O2/c1-15-10-6-8(2-3-9(10)14-12)11-7-13-4-5-16-11/h2-3,6,11,13H,4-5,7H2,1H3/q+1. The molecule has 0 amide bonds. The molecule has 1 fully saturated rings. The normalized spacial score (nSPS) is 20.1. The van der Waals surface area contributed by atoms with Crippen molar-refractivity contribution in [1.29, 1.82) is 5.39 Å². The van der Waals surface area contributed by atoms with Crippen molar-refractivity contribution in [2.75, 3.05) is 26.8 Å². The summed E-state index contributed by atoms with van der Waals surface area (Å²) in [5, 5.41) is 12.0. The van der Waals surface area contributed by atoms with Crippen LogP contribution in [-0.4, -0.2) is 26.8 Å². The highest BCUT2D eigenvalue weighted by Crippen LogP contribution is 2.31. The van der Waals surface area contributed by atoms with Crippen molar-refractivity contribution in [3.8, 4) is 5.75 Å². The summed E-state index contributed by atoms with van der Waals surface area (Å²) in [7, 11) is 1.55. The quantitative estimate of drug-likeness (QED) is 0.772. The molecule has 0 radical (unpaired) electrons. The van der Waals surface area contributed by atoms with Gasteiger partial charge in [0.25, 0.3) is 0 Å². The van der Waals surface area contributed by atoms with E-state index in [-0.39, 0.29) is 6.10 Å². The van der Waals surface area contributed by atoms with Crippen LogP contribution in [0.2, 0.25) is 0 Å². The molecule has 0 spiro atoms. The largest absolute Gasteiger partial charge is 0.489 e. The molecule has 1 atom stereocenters. The summed E-state index contributed by atoms with van der Waals surface area (Å²) in [6, 6.07) is 5.44. The summed E-state index contributed by atoms with van der Waals surface area (Å²) < 4.78 is 10.8. The summed E-state index contributed by atoms with van der Waals surface area (Å²) >= 11 is 0. The van der Waals surface area contributed by atoms with Crippen molar-refractivity contribution in [2.45, 2.75) is 6.10 Å². The fourth-order valence-corrected chi connectivity index (χ4v) is 1.76. The first-order chi connectivity index (χ1) is 7.85. The number of hydrogen-bond acceptors (Lipinski definition) is 4. The third-order valence-electron chi connectivity index (χ3n) is 2.61. The van der Waals surface area contributed by atoms with Crippen LogP contribution < -0.4 is 10.1 Å². The van der Waals surface area contributed by atoms with Crippen LogP contribution in [0.25, 0.3) is 4.98 Å². The van der Waals surface area contributed by atoms with Crippen LogP contribution in [-0.2, 0) is 4.74 Å². The van der Waals surface area contributed by atoms with E-state index in [9.17, 15) is 0 Å². The minimum atomic E-state index is 0.0374. The van der Waals surface area contributed by atoms with Crippen molar-refractivity contribution >= 4 is 5.69 Å². The lowest BCUT2D eigenvalue weighted by molar-refractivity contribution is 0.0276. The molecular weight excluding hydrogens is 206 g/mol. The summed E-state index contributed by atoms with van der Waals surface area (Å²) in [6.07, 6.45) is 0.0374. The molecule has 16 heavy (non-hydrogen) atoms. The van der Waals surface area contributed by atoms with Gasteiger partial charge in [0.15, 0.2) is 4.98 Å². The van der Waals surface area contributed by atoms with Crippen LogP contribution in [0.3, 0.4) is 0 Å². The minimum absolute atomic E-state index is 0.0374. The second-order valence-electron chi connectivity index (χ2n) is 3.59. The molecule has 2 rings (SSSR count). The smallest absolute Gasteiger partial charge is 0.426 e. The van der Waals surface area contributed by atoms with Gasteiger partial charge in [0.1, 0.15) is 0 Å². The number of morpholine rings is 1. The Balaban J connectivity index is 2.25. The SMILES string of the molecule is COc1cc(C2CNCCO2)ccc1[N+]#N. The van der Waals surface area contributed by atoms with E-state index >= 15 is 0 Å². The molecule has 1 unspecified atom stereocenters. The van der Waals surface area contributed by atoms with Crippen molar-refractivity contribution in [3.63, 3.8) is 0 Å². The first-order valence-electron chi connectivity index (χ1n) is 5.20. The molecule has 0 saturated carbocycles. The predicted octanol–water partition coefficient (Wildman–Crippen LogP) is 1.84. The van der Waals surface area contributed by atoms with E-state index < -0.39 is 0 Å². The molecule has 0 aromatic heterocycles. The van der Waals surface area contributed by atoms with Gasteiger partial charge in [-0.2, -0.15) is 0 Å². The Bertz CT molecular complexity index is 408. The van der Waals surface area contributed by atoms with E-state index in [1.807, 2.05) is 12.1 Å². The Labute approximate surface area is 94.0 Å². The molecule has 0 bridgehead atoms. The van der Waals surface area contributed by atoms with Crippen molar-refractivity contribution in [2.24, 2.45) is 0 Å². The first-order valence-corrected chi connectivity index (χ1v) is 5.20. The number of hydrogen-bond donors (Lipinski definition) is 1. The van der Waals surface area contributed by atoms with Crippen LogP contribution in [0, 0.1) is 5.39 Å². The third-order valence-corrected chi connectivity index (χ3v) is 2.61. The minimum Gasteiger partial charge on any atom is -0.489 e. The van der Waals surface area contributed by atoms with E-state index in [0.29, 0.717) is 18.0 Å². The van der Waals surface area contributed by atoms with Gasteiger partial charge in [0.05, 0.1) is 19.8 Å². The molecule has 1 aromatic rings. The maximum absolute atomic E-state index is 8.75. The average Bonchev–Trinajstić information content (AvgIpc) is 2.39. The summed E-state index contributed by atoms with van der Waals surface area (Å²) in [5.74, 6) is 0.550. The van der Waals surface area contributed by atoms with Crippen molar-refractivity contribution in [3.05, 3.63) is 28.7 Å². The van der Waals surface area contributed by atoms with E-state index in [4.69, 9.17) is 14.9 Å². The van der Waals surface area contributed by atoms with Gasteiger partial charge >= 0.3 is 5.69 Å². The van der Waals surface area contributed by atoms with Gasteiger partial charge in [-0.3, -0.25) is 0 Å². The summed E-state index contributed by atoms with van der Waals surface area (Å²) in [6.45, 7) is 2.38. The van der Waals surface area contributed by atoms with Crippen LogP contribution >= 0.6 is 0 Å². The second kappa shape index (κ2) is 4.92. The maximum atomic E-state index is 8.75. The number of nitrogens with zero attached hydrogens (tertiary/aromatic N) is 2. The highest BCUT2D eigenvalue weighted by atomic mass is 16.5. The number of benzene rings is 1. The Morgan fingerprint density at radius 2 is 2.44 bits per heavy atom. The van der Waals surface area contributed by atoms with Crippen LogP contribution in [0.5, 0.6) is 5.75 Å². The molecule has 5 nitrogen and oxygen atoms in total. The fraction of sp³-hybridized carbons (Fsp3) is 0.455. The molecule has 5 heteroatoms. The molecule has 1 aliphatic heterocycles. The Morgan fingerprint density at radius 1 is 1.56 bits per heavy atom. The lowest BCUT2D eigenvalue weighted by atomic mass is 10.1. The first kappa shape index (κ1) is 10.9. The van der Waals surface area contributed by atoms with Gasteiger partial charge in [0.2, 0.25) is 11.1 Å². The van der Waals surface area contributed by atoms with Gasteiger partial charge in [-0.15, -0.1) is 0 Å². The van der Waals surface area contributed by atoms with E-state index in [1.54, 1.807) is 13.2 Å². The van der Waals surface area contributed by atoms with Gasteiger partial charge in [-0.1, -0.05) is 0 Å². The van der Waals surface area contributed by atoms with Crippen molar-refractivity contribution < 1.29 is 9.47 Å². The topological polar surface area (TPSA) is 58.6 Å². The molecule has 1 aromatic carbocycles. The lowest BCUT2D eigenvalue weighted by Crippen LogP contribution is -2.33. The number of ether oxygens (including phenoxy) is 2. The zero-order chi connectivity index (χ0) is 11.4. The van der Waals surface area contributed by atoms with E-state index in [0.717, 1.165) is 18.7 Å². The lowest BCUT2D eigenvalue weighted by Gasteiger charge is -2.23. The molecular formula is C11H14N3O2+. The molecule has 1 saturated heterocycles. The summed E-state index contributed by atoms with van der Waals surface area (Å²) in [4.78, 5) is 3.15. The highest BCUT2D eigenvalue weighted by Gasteiger charge is 2.20. The zero-order valence-corrected chi connectivity index (χ0v) is 9.14. The molecule has 0 aliphatic carbocycles. The molecule has 1 heterocycles. The maximum Gasteiger partial charge on any atom is 0.426 e.